The van der Waals surface area contributed by atoms with Crippen LogP contribution in [0.15, 0.2) is 4.42 Å². The van der Waals surface area contributed by atoms with Gasteiger partial charge in [-0.15, -0.1) is 5.10 Å². The maximum Gasteiger partial charge on any atom is 0.216 e. The summed E-state index contributed by atoms with van der Waals surface area (Å²) in [6.07, 6.45) is 0. The Hall–Kier alpha value is -1.85. The summed E-state index contributed by atoms with van der Waals surface area (Å²) in [4.78, 5) is 4.32. The molecule has 0 saturated carbocycles. The van der Waals surface area contributed by atoms with Crippen LogP contribution in [-0.2, 0) is 6.54 Å². The number of nitrogens with two attached hydrogens (primary N) is 1. The number of rotatable bonds is 3. The first-order valence-corrected chi connectivity index (χ1v) is 5.60. The van der Waals surface area contributed by atoms with Gasteiger partial charge in [-0.25, -0.2) is 9.67 Å². The zero-order chi connectivity index (χ0) is 12.6. The van der Waals surface area contributed by atoms with Gasteiger partial charge in [0.1, 0.15) is 12.3 Å². The third-order valence-corrected chi connectivity index (χ3v) is 2.71. The van der Waals surface area contributed by atoms with E-state index in [1.165, 1.54) is 0 Å². The van der Waals surface area contributed by atoms with Gasteiger partial charge >= 0.3 is 0 Å². The van der Waals surface area contributed by atoms with Gasteiger partial charge in [-0.2, -0.15) is 0 Å². The first kappa shape index (κ1) is 11.6. The molecule has 0 amide bonds. The minimum atomic E-state index is 0.266. The van der Waals surface area contributed by atoms with Crippen molar-refractivity contribution in [1.82, 2.24) is 20.0 Å². The van der Waals surface area contributed by atoms with Gasteiger partial charge in [-0.1, -0.05) is 19.1 Å². The molecule has 0 bridgehead atoms. The standard InChI is InChI=1S/C11H17N5O/c1-6(2)10-11(12)14-15-16(10)5-9-13-7(3)8(4)17-9/h6H,5,12H2,1-4H3. The molecule has 0 unspecified atom stereocenters. The number of oxazole rings is 1. The lowest BCUT2D eigenvalue weighted by Crippen LogP contribution is -2.09. The SMILES string of the molecule is Cc1nc(Cn2nnc(N)c2C(C)C)oc1C. The zero-order valence-corrected chi connectivity index (χ0v) is 10.6. The van der Waals surface area contributed by atoms with Gasteiger partial charge in [0.25, 0.3) is 0 Å². The second-order valence-corrected chi connectivity index (χ2v) is 4.42. The fourth-order valence-corrected chi connectivity index (χ4v) is 1.78. The van der Waals surface area contributed by atoms with Gasteiger partial charge in [0.05, 0.1) is 11.4 Å². The molecule has 6 heteroatoms. The van der Waals surface area contributed by atoms with E-state index in [0.717, 1.165) is 17.1 Å². The van der Waals surface area contributed by atoms with Gasteiger partial charge in [0.2, 0.25) is 5.89 Å². The summed E-state index contributed by atoms with van der Waals surface area (Å²) in [5, 5.41) is 7.90. The molecule has 0 fully saturated rings. The monoisotopic (exact) mass is 235 g/mol. The Balaban J connectivity index is 2.30. The number of aromatic nitrogens is 4. The minimum absolute atomic E-state index is 0.266. The number of nitrogens with zero attached hydrogens (tertiary/aromatic N) is 4. The average Bonchev–Trinajstić information content (AvgIpc) is 2.72. The van der Waals surface area contributed by atoms with E-state index in [0.29, 0.717) is 18.3 Å². The summed E-state index contributed by atoms with van der Waals surface area (Å²) >= 11 is 0. The molecule has 17 heavy (non-hydrogen) atoms. The molecule has 0 aliphatic rings. The van der Waals surface area contributed by atoms with E-state index in [4.69, 9.17) is 10.2 Å². The van der Waals surface area contributed by atoms with E-state index in [1.807, 2.05) is 13.8 Å². The highest BCUT2D eigenvalue weighted by Gasteiger charge is 2.16. The average molecular weight is 235 g/mol. The fourth-order valence-electron chi connectivity index (χ4n) is 1.78. The van der Waals surface area contributed by atoms with Crippen molar-refractivity contribution in [1.29, 1.82) is 0 Å². The highest BCUT2D eigenvalue weighted by Crippen LogP contribution is 2.20. The first-order chi connectivity index (χ1) is 7.99. The van der Waals surface area contributed by atoms with Crippen LogP contribution in [0.3, 0.4) is 0 Å². The van der Waals surface area contributed by atoms with E-state index >= 15 is 0 Å². The molecule has 2 aromatic heterocycles. The Morgan fingerprint density at radius 3 is 2.59 bits per heavy atom. The Bertz CT molecular complexity index is 506. The molecule has 0 spiro atoms. The lowest BCUT2D eigenvalue weighted by atomic mass is 10.1. The Kier molecular flexibility index (Phi) is 2.87. The lowest BCUT2D eigenvalue weighted by molar-refractivity contribution is 0.435. The molecule has 2 rings (SSSR count). The molecule has 92 valence electrons. The highest BCUT2D eigenvalue weighted by atomic mass is 16.4. The largest absolute Gasteiger partial charge is 0.444 e. The zero-order valence-electron chi connectivity index (χ0n) is 10.6. The number of nitrogen functional groups attached to an aromatic ring is 1. The third kappa shape index (κ3) is 2.15. The molecule has 0 atom stereocenters. The molecule has 0 aromatic carbocycles. The van der Waals surface area contributed by atoms with Crippen molar-refractivity contribution in [3.63, 3.8) is 0 Å². The van der Waals surface area contributed by atoms with E-state index in [9.17, 15) is 0 Å². The number of hydrogen-bond donors (Lipinski definition) is 1. The Morgan fingerprint density at radius 1 is 1.35 bits per heavy atom. The first-order valence-electron chi connectivity index (χ1n) is 5.60. The van der Waals surface area contributed by atoms with Gasteiger partial charge in [0.15, 0.2) is 5.82 Å². The molecular weight excluding hydrogens is 218 g/mol. The molecule has 0 aliphatic heterocycles. The second kappa shape index (κ2) is 4.20. The van der Waals surface area contributed by atoms with Crippen molar-refractivity contribution < 1.29 is 4.42 Å². The van der Waals surface area contributed by atoms with E-state index in [1.54, 1.807) is 4.68 Å². The molecule has 2 aromatic rings. The van der Waals surface area contributed by atoms with Crippen LogP contribution in [0.2, 0.25) is 0 Å². The van der Waals surface area contributed by atoms with Crippen LogP contribution in [0, 0.1) is 13.8 Å². The van der Waals surface area contributed by atoms with E-state index < -0.39 is 0 Å². The molecule has 0 radical (unpaired) electrons. The van der Waals surface area contributed by atoms with Crippen molar-refractivity contribution in [2.45, 2.75) is 40.2 Å². The van der Waals surface area contributed by atoms with Crippen LogP contribution in [0.25, 0.3) is 0 Å². The normalized spacial score (nSPS) is 11.4. The molecular formula is C11H17N5O. The summed E-state index contributed by atoms with van der Waals surface area (Å²) < 4.78 is 7.26. The van der Waals surface area contributed by atoms with E-state index in [2.05, 4.69) is 29.1 Å². The van der Waals surface area contributed by atoms with E-state index in [-0.39, 0.29) is 5.92 Å². The van der Waals surface area contributed by atoms with Crippen molar-refractivity contribution in [3.05, 3.63) is 23.0 Å². The Labute approximate surface area is 99.8 Å². The number of aryl methyl sites for hydroxylation is 2. The Morgan fingerprint density at radius 2 is 2.06 bits per heavy atom. The fraction of sp³-hybridized carbons (Fsp3) is 0.545. The molecule has 2 heterocycles. The second-order valence-electron chi connectivity index (χ2n) is 4.42. The summed E-state index contributed by atoms with van der Waals surface area (Å²) in [7, 11) is 0. The van der Waals surface area contributed by atoms with Crippen molar-refractivity contribution in [2.75, 3.05) is 5.73 Å². The topological polar surface area (TPSA) is 82.8 Å². The summed E-state index contributed by atoms with van der Waals surface area (Å²) in [6, 6.07) is 0. The van der Waals surface area contributed by atoms with Crippen molar-refractivity contribution in [2.24, 2.45) is 0 Å². The van der Waals surface area contributed by atoms with Gasteiger partial charge in [0, 0.05) is 0 Å². The maximum atomic E-state index is 5.79. The highest BCUT2D eigenvalue weighted by molar-refractivity contribution is 5.35. The van der Waals surface area contributed by atoms with Crippen molar-refractivity contribution in [3.8, 4) is 0 Å². The van der Waals surface area contributed by atoms with Gasteiger partial charge in [-0.3, -0.25) is 0 Å². The van der Waals surface area contributed by atoms with Gasteiger partial charge < -0.3 is 10.2 Å². The molecule has 2 N–H and O–H groups in total. The van der Waals surface area contributed by atoms with Crippen LogP contribution in [0.4, 0.5) is 5.82 Å². The molecule has 0 aliphatic carbocycles. The van der Waals surface area contributed by atoms with Crippen LogP contribution in [0.5, 0.6) is 0 Å². The maximum absolute atomic E-state index is 5.79. The summed E-state index contributed by atoms with van der Waals surface area (Å²) in [5.74, 6) is 2.20. The van der Waals surface area contributed by atoms with Crippen molar-refractivity contribution >= 4 is 5.82 Å². The number of hydrogen-bond acceptors (Lipinski definition) is 5. The lowest BCUT2D eigenvalue weighted by Gasteiger charge is -2.07. The molecule has 6 nitrogen and oxygen atoms in total. The summed E-state index contributed by atoms with van der Waals surface area (Å²) in [6.45, 7) is 8.38. The smallest absolute Gasteiger partial charge is 0.216 e. The predicted molar refractivity (Wildman–Crippen MR) is 63.6 cm³/mol. The minimum Gasteiger partial charge on any atom is -0.444 e. The third-order valence-electron chi connectivity index (χ3n) is 2.71. The number of anilines is 1. The molecule has 0 saturated heterocycles. The summed E-state index contributed by atoms with van der Waals surface area (Å²) in [5.41, 5.74) is 7.60. The quantitative estimate of drug-likeness (QED) is 0.874. The van der Waals surface area contributed by atoms with Crippen LogP contribution < -0.4 is 5.73 Å². The van der Waals surface area contributed by atoms with Gasteiger partial charge in [-0.05, 0) is 19.8 Å². The van der Waals surface area contributed by atoms with Crippen LogP contribution in [-0.4, -0.2) is 20.0 Å². The van der Waals surface area contributed by atoms with Crippen LogP contribution >= 0.6 is 0 Å². The van der Waals surface area contributed by atoms with Crippen LogP contribution in [0.1, 0.15) is 42.8 Å². The predicted octanol–water partition coefficient (Wildman–Crippen LogP) is 1.64.